The van der Waals surface area contributed by atoms with E-state index in [1.807, 2.05) is 13.8 Å². The predicted octanol–water partition coefficient (Wildman–Crippen LogP) is 1.79. The van der Waals surface area contributed by atoms with E-state index in [1.54, 1.807) is 0 Å². The van der Waals surface area contributed by atoms with E-state index in [-0.39, 0.29) is 18.2 Å². The Morgan fingerprint density at radius 3 is 2.65 bits per heavy atom. The Morgan fingerprint density at radius 1 is 1.45 bits per heavy atom. The minimum absolute atomic E-state index is 0.00921. The van der Waals surface area contributed by atoms with Gasteiger partial charge in [-0.15, -0.1) is 0 Å². The van der Waals surface area contributed by atoms with Crippen molar-refractivity contribution in [2.75, 3.05) is 13.1 Å². The van der Waals surface area contributed by atoms with Crippen molar-refractivity contribution in [1.29, 1.82) is 0 Å². The highest BCUT2D eigenvalue weighted by Crippen LogP contribution is 2.38. The first-order valence-electron chi connectivity index (χ1n) is 6.52. The third-order valence-electron chi connectivity index (χ3n) is 4.05. The van der Waals surface area contributed by atoms with Gasteiger partial charge >= 0.3 is 5.97 Å². The van der Waals surface area contributed by atoms with Crippen LogP contribution >= 0.6 is 0 Å². The van der Waals surface area contributed by atoms with E-state index in [0.29, 0.717) is 13.0 Å². The highest BCUT2D eigenvalue weighted by Gasteiger charge is 2.48. The molecule has 0 bridgehead atoms. The molecular weight excluding hydrogens is 263 g/mol. The zero-order chi connectivity index (χ0) is 14.9. The van der Waals surface area contributed by atoms with Crippen LogP contribution in [0.15, 0.2) is 18.2 Å². The number of hydrogen-bond donors (Lipinski definition) is 1. The molecule has 1 N–H and O–H groups in total. The van der Waals surface area contributed by atoms with Gasteiger partial charge in [-0.1, -0.05) is 19.9 Å². The molecule has 1 aromatic heterocycles. The quantitative estimate of drug-likeness (QED) is 0.857. The second-order valence-electron chi connectivity index (χ2n) is 5.44. The Morgan fingerprint density at radius 2 is 2.15 bits per heavy atom. The van der Waals surface area contributed by atoms with Gasteiger partial charge in [0.2, 0.25) is 5.95 Å². The number of hydrogen-bond acceptors (Lipinski definition) is 3. The maximum Gasteiger partial charge on any atom is 0.311 e. The van der Waals surface area contributed by atoms with Gasteiger partial charge in [0.15, 0.2) is 0 Å². The maximum absolute atomic E-state index is 13.0. The molecule has 1 unspecified atom stereocenters. The second-order valence-corrected chi connectivity index (χ2v) is 5.44. The SMILES string of the molecule is CC(C)C1(C(=O)O)CCN(C(=O)c2cccc(F)n2)C1. The molecule has 0 spiro atoms. The van der Waals surface area contributed by atoms with Gasteiger partial charge in [0.05, 0.1) is 5.41 Å². The normalized spacial score (nSPS) is 22.3. The number of nitrogens with zero attached hydrogens (tertiary/aromatic N) is 2. The van der Waals surface area contributed by atoms with Gasteiger partial charge in [-0.25, -0.2) is 4.98 Å². The summed E-state index contributed by atoms with van der Waals surface area (Å²) in [5.41, 5.74) is -0.918. The molecule has 108 valence electrons. The van der Waals surface area contributed by atoms with Crippen LogP contribution in [-0.2, 0) is 4.79 Å². The lowest BCUT2D eigenvalue weighted by Gasteiger charge is -2.28. The van der Waals surface area contributed by atoms with Crippen LogP contribution in [0.5, 0.6) is 0 Å². The summed E-state index contributed by atoms with van der Waals surface area (Å²) in [5, 5.41) is 9.43. The fraction of sp³-hybridized carbons (Fsp3) is 0.500. The van der Waals surface area contributed by atoms with Crippen molar-refractivity contribution in [1.82, 2.24) is 9.88 Å². The van der Waals surface area contributed by atoms with Gasteiger partial charge in [0, 0.05) is 13.1 Å². The highest BCUT2D eigenvalue weighted by molar-refractivity contribution is 5.93. The van der Waals surface area contributed by atoms with E-state index in [2.05, 4.69) is 4.98 Å². The molecule has 5 nitrogen and oxygen atoms in total. The summed E-state index contributed by atoms with van der Waals surface area (Å²) in [6.45, 7) is 4.16. The third-order valence-corrected chi connectivity index (χ3v) is 4.05. The first-order chi connectivity index (χ1) is 9.36. The van der Waals surface area contributed by atoms with E-state index in [1.165, 1.54) is 17.0 Å². The number of likely N-dealkylation sites (tertiary alicyclic amines) is 1. The predicted molar refractivity (Wildman–Crippen MR) is 69.6 cm³/mol. The number of aromatic nitrogens is 1. The van der Waals surface area contributed by atoms with Gasteiger partial charge in [-0.2, -0.15) is 4.39 Å². The van der Waals surface area contributed by atoms with Crippen molar-refractivity contribution in [3.63, 3.8) is 0 Å². The number of halogens is 1. The van der Waals surface area contributed by atoms with Crippen LogP contribution < -0.4 is 0 Å². The molecule has 1 aliphatic heterocycles. The van der Waals surface area contributed by atoms with Crippen LogP contribution in [0.4, 0.5) is 4.39 Å². The molecule has 2 rings (SSSR count). The Balaban J connectivity index is 2.21. The van der Waals surface area contributed by atoms with Gasteiger partial charge in [0.1, 0.15) is 5.69 Å². The molecule has 0 radical (unpaired) electrons. The lowest BCUT2D eigenvalue weighted by Crippen LogP contribution is -2.40. The summed E-state index contributed by atoms with van der Waals surface area (Å²) < 4.78 is 13.0. The lowest BCUT2D eigenvalue weighted by molar-refractivity contribution is -0.150. The van der Waals surface area contributed by atoms with E-state index in [9.17, 15) is 19.1 Å². The molecule has 1 saturated heterocycles. The summed E-state index contributed by atoms with van der Waals surface area (Å²) in [6, 6.07) is 4.01. The highest BCUT2D eigenvalue weighted by atomic mass is 19.1. The number of pyridine rings is 1. The van der Waals surface area contributed by atoms with E-state index < -0.39 is 23.2 Å². The summed E-state index contributed by atoms with van der Waals surface area (Å²) in [6.07, 6.45) is 0.404. The van der Waals surface area contributed by atoms with Crippen molar-refractivity contribution in [3.8, 4) is 0 Å². The Labute approximate surface area is 116 Å². The van der Waals surface area contributed by atoms with Crippen molar-refractivity contribution < 1.29 is 19.1 Å². The van der Waals surface area contributed by atoms with Crippen molar-refractivity contribution in [2.24, 2.45) is 11.3 Å². The zero-order valence-electron chi connectivity index (χ0n) is 11.5. The molecule has 1 atom stereocenters. The zero-order valence-corrected chi connectivity index (χ0v) is 11.5. The van der Waals surface area contributed by atoms with Crippen LogP contribution in [0.2, 0.25) is 0 Å². The Kier molecular flexibility index (Phi) is 3.74. The minimum atomic E-state index is -0.928. The van der Waals surface area contributed by atoms with Crippen LogP contribution in [-0.4, -0.2) is 40.0 Å². The first-order valence-corrected chi connectivity index (χ1v) is 6.52. The Bertz CT molecular complexity index is 547. The molecule has 6 heteroatoms. The summed E-state index contributed by atoms with van der Waals surface area (Å²) in [5.74, 6) is -2.12. The number of aliphatic carboxylic acids is 1. The summed E-state index contributed by atoms with van der Waals surface area (Å²) in [7, 11) is 0. The monoisotopic (exact) mass is 280 g/mol. The summed E-state index contributed by atoms with van der Waals surface area (Å²) >= 11 is 0. The average molecular weight is 280 g/mol. The van der Waals surface area contributed by atoms with Crippen molar-refractivity contribution in [3.05, 3.63) is 29.8 Å². The topological polar surface area (TPSA) is 70.5 Å². The molecule has 20 heavy (non-hydrogen) atoms. The first kappa shape index (κ1) is 14.4. The average Bonchev–Trinajstić information content (AvgIpc) is 2.84. The molecule has 1 aromatic rings. The molecule has 0 aromatic carbocycles. The van der Waals surface area contributed by atoms with Crippen molar-refractivity contribution >= 4 is 11.9 Å². The third kappa shape index (κ3) is 2.37. The molecule has 0 saturated carbocycles. The fourth-order valence-corrected chi connectivity index (χ4v) is 2.59. The second kappa shape index (κ2) is 5.19. The molecule has 1 aliphatic rings. The number of carbonyl (C=O) groups is 2. The minimum Gasteiger partial charge on any atom is -0.481 e. The number of carboxylic acids is 1. The van der Waals surface area contributed by atoms with E-state index in [4.69, 9.17) is 0 Å². The molecule has 1 amide bonds. The van der Waals surface area contributed by atoms with Crippen LogP contribution in [0, 0.1) is 17.3 Å². The molecule has 0 aliphatic carbocycles. The number of rotatable bonds is 3. The Hall–Kier alpha value is -1.98. The lowest BCUT2D eigenvalue weighted by atomic mass is 9.76. The fourth-order valence-electron chi connectivity index (χ4n) is 2.59. The number of amides is 1. The van der Waals surface area contributed by atoms with E-state index >= 15 is 0 Å². The molecule has 1 fully saturated rings. The summed E-state index contributed by atoms with van der Waals surface area (Å²) in [4.78, 5) is 28.7. The van der Waals surface area contributed by atoms with Gasteiger partial charge < -0.3 is 10.0 Å². The number of carboxylic acid groups (broad SMARTS) is 1. The van der Waals surface area contributed by atoms with Crippen LogP contribution in [0.3, 0.4) is 0 Å². The van der Waals surface area contributed by atoms with Gasteiger partial charge in [-0.05, 0) is 24.5 Å². The number of carbonyl (C=O) groups excluding carboxylic acids is 1. The van der Waals surface area contributed by atoms with E-state index in [0.717, 1.165) is 6.07 Å². The smallest absolute Gasteiger partial charge is 0.311 e. The van der Waals surface area contributed by atoms with Gasteiger partial charge in [-0.3, -0.25) is 9.59 Å². The van der Waals surface area contributed by atoms with Crippen LogP contribution in [0.25, 0.3) is 0 Å². The van der Waals surface area contributed by atoms with Crippen LogP contribution in [0.1, 0.15) is 30.8 Å². The largest absolute Gasteiger partial charge is 0.481 e. The van der Waals surface area contributed by atoms with Crippen molar-refractivity contribution in [2.45, 2.75) is 20.3 Å². The molecule has 2 heterocycles. The molecular formula is C14H17FN2O3. The standard InChI is InChI=1S/C14H17FN2O3/c1-9(2)14(13(19)20)6-7-17(8-14)12(18)10-4-3-5-11(15)16-10/h3-5,9H,6-8H2,1-2H3,(H,19,20). The maximum atomic E-state index is 13.0. The van der Waals surface area contributed by atoms with Gasteiger partial charge in [0.25, 0.3) is 5.91 Å².